The zero-order chi connectivity index (χ0) is 15.4. The number of nitrogen functional groups attached to an aromatic ring is 1. The van der Waals surface area contributed by atoms with Crippen LogP contribution in [0.3, 0.4) is 0 Å². The van der Waals surface area contributed by atoms with Gasteiger partial charge < -0.3 is 20.5 Å². The van der Waals surface area contributed by atoms with Gasteiger partial charge in [-0.2, -0.15) is 0 Å². The second-order valence-electron chi connectivity index (χ2n) is 4.26. The lowest BCUT2D eigenvalue weighted by atomic mass is 10.1. The van der Waals surface area contributed by atoms with Gasteiger partial charge in [-0.3, -0.25) is 4.79 Å². The van der Waals surface area contributed by atoms with Crippen LogP contribution in [0.15, 0.2) is 40.9 Å². The topological polar surface area (TPSA) is 73.6 Å². The Hall–Kier alpha value is -2.21. The quantitative estimate of drug-likeness (QED) is 0.829. The molecular formula is C15H15BrN2O3. The average Bonchev–Trinajstić information content (AvgIpc) is 2.49. The highest BCUT2D eigenvalue weighted by Crippen LogP contribution is 2.28. The molecule has 21 heavy (non-hydrogen) atoms. The van der Waals surface area contributed by atoms with E-state index < -0.39 is 0 Å². The first-order valence-electron chi connectivity index (χ1n) is 6.13. The van der Waals surface area contributed by atoms with Gasteiger partial charge in [0.25, 0.3) is 5.91 Å². The summed E-state index contributed by atoms with van der Waals surface area (Å²) in [6.45, 7) is 0. The van der Waals surface area contributed by atoms with Crippen molar-refractivity contribution in [1.29, 1.82) is 0 Å². The Morgan fingerprint density at radius 1 is 1.10 bits per heavy atom. The highest BCUT2D eigenvalue weighted by molar-refractivity contribution is 9.10. The van der Waals surface area contributed by atoms with Crippen LogP contribution in [0.5, 0.6) is 11.5 Å². The van der Waals surface area contributed by atoms with E-state index in [0.29, 0.717) is 28.4 Å². The monoisotopic (exact) mass is 350 g/mol. The third kappa shape index (κ3) is 3.46. The van der Waals surface area contributed by atoms with E-state index in [1.807, 2.05) is 0 Å². The molecule has 0 spiro atoms. The van der Waals surface area contributed by atoms with Crippen LogP contribution in [0, 0.1) is 0 Å². The van der Waals surface area contributed by atoms with Crippen LogP contribution in [0.1, 0.15) is 10.4 Å². The van der Waals surface area contributed by atoms with Crippen molar-refractivity contribution in [3.05, 3.63) is 46.4 Å². The van der Waals surface area contributed by atoms with Crippen LogP contribution in [-0.2, 0) is 0 Å². The van der Waals surface area contributed by atoms with Crippen LogP contribution in [-0.4, -0.2) is 20.1 Å². The van der Waals surface area contributed by atoms with Gasteiger partial charge in [-0.05, 0) is 46.3 Å². The van der Waals surface area contributed by atoms with Gasteiger partial charge in [0.15, 0.2) is 0 Å². The molecule has 2 aromatic carbocycles. The summed E-state index contributed by atoms with van der Waals surface area (Å²) in [4.78, 5) is 12.2. The second kappa shape index (κ2) is 6.49. The maximum absolute atomic E-state index is 12.2. The predicted molar refractivity (Wildman–Crippen MR) is 86.1 cm³/mol. The van der Waals surface area contributed by atoms with Gasteiger partial charge in [-0.1, -0.05) is 0 Å². The molecular weight excluding hydrogens is 336 g/mol. The van der Waals surface area contributed by atoms with E-state index >= 15 is 0 Å². The molecule has 0 fully saturated rings. The molecule has 0 aliphatic heterocycles. The number of carbonyl (C=O) groups is 1. The summed E-state index contributed by atoms with van der Waals surface area (Å²) in [5, 5.41) is 2.79. The summed E-state index contributed by atoms with van der Waals surface area (Å²) >= 11 is 3.36. The fourth-order valence-corrected chi connectivity index (χ4v) is 2.20. The average molecular weight is 351 g/mol. The number of halogens is 1. The number of methoxy groups -OCH3 is 2. The lowest BCUT2D eigenvalue weighted by Gasteiger charge is -2.10. The predicted octanol–water partition coefficient (Wildman–Crippen LogP) is 3.30. The number of nitrogens with one attached hydrogen (secondary N) is 1. The van der Waals surface area contributed by atoms with Gasteiger partial charge in [-0.25, -0.2) is 0 Å². The van der Waals surface area contributed by atoms with Gasteiger partial charge in [0.05, 0.1) is 24.4 Å². The molecule has 1 amide bonds. The van der Waals surface area contributed by atoms with Crippen molar-refractivity contribution < 1.29 is 14.3 Å². The molecule has 0 saturated heterocycles. The zero-order valence-electron chi connectivity index (χ0n) is 11.6. The van der Waals surface area contributed by atoms with Crippen molar-refractivity contribution in [2.45, 2.75) is 0 Å². The summed E-state index contributed by atoms with van der Waals surface area (Å²) in [6, 6.07) is 10.2. The van der Waals surface area contributed by atoms with E-state index in [9.17, 15) is 4.79 Å². The molecule has 0 aromatic heterocycles. The lowest BCUT2D eigenvalue weighted by Crippen LogP contribution is -2.12. The Balaban J connectivity index is 2.21. The first-order chi connectivity index (χ1) is 10.0. The Labute approximate surface area is 131 Å². The molecule has 0 saturated carbocycles. The van der Waals surface area contributed by atoms with Crippen LogP contribution < -0.4 is 20.5 Å². The SMILES string of the molecule is COc1cc(C(=O)Nc2ccc(Br)c(OC)c2)ccc1N. The number of hydrogen-bond acceptors (Lipinski definition) is 4. The third-order valence-electron chi connectivity index (χ3n) is 2.90. The summed E-state index contributed by atoms with van der Waals surface area (Å²) < 4.78 is 11.1. The number of amides is 1. The molecule has 5 nitrogen and oxygen atoms in total. The van der Waals surface area contributed by atoms with Crippen molar-refractivity contribution >= 4 is 33.2 Å². The Bertz CT molecular complexity index is 674. The standard InChI is InChI=1S/C15H15BrN2O3/c1-20-13-8-10(4-5-11(13)16)18-15(19)9-3-6-12(17)14(7-9)21-2/h3-8H,17H2,1-2H3,(H,18,19). The molecule has 2 aromatic rings. The van der Waals surface area contributed by atoms with Gasteiger partial charge in [-0.15, -0.1) is 0 Å². The summed E-state index contributed by atoms with van der Waals surface area (Å²) in [5.41, 5.74) is 7.31. The molecule has 0 radical (unpaired) electrons. The van der Waals surface area contributed by atoms with E-state index in [4.69, 9.17) is 15.2 Å². The van der Waals surface area contributed by atoms with Gasteiger partial charge in [0.1, 0.15) is 11.5 Å². The molecule has 0 aliphatic carbocycles. The summed E-state index contributed by atoms with van der Waals surface area (Å²) in [7, 11) is 3.07. The molecule has 0 heterocycles. The van der Waals surface area contributed by atoms with Gasteiger partial charge in [0.2, 0.25) is 0 Å². The molecule has 3 N–H and O–H groups in total. The van der Waals surface area contributed by atoms with E-state index in [0.717, 1.165) is 4.47 Å². The number of rotatable bonds is 4. The summed E-state index contributed by atoms with van der Waals surface area (Å²) in [5.74, 6) is 0.858. The zero-order valence-corrected chi connectivity index (χ0v) is 13.2. The maximum atomic E-state index is 12.2. The van der Waals surface area contributed by atoms with Crippen molar-refractivity contribution in [1.82, 2.24) is 0 Å². The molecule has 0 bridgehead atoms. The lowest BCUT2D eigenvalue weighted by molar-refractivity contribution is 0.102. The number of carbonyl (C=O) groups excluding carboxylic acids is 1. The van der Waals surface area contributed by atoms with Crippen molar-refractivity contribution in [2.75, 3.05) is 25.3 Å². The highest BCUT2D eigenvalue weighted by atomic mass is 79.9. The van der Waals surface area contributed by atoms with Crippen molar-refractivity contribution in [3.8, 4) is 11.5 Å². The Morgan fingerprint density at radius 3 is 2.48 bits per heavy atom. The van der Waals surface area contributed by atoms with Crippen LogP contribution >= 0.6 is 15.9 Å². The Morgan fingerprint density at radius 2 is 1.81 bits per heavy atom. The number of nitrogens with two attached hydrogens (primary N) is 1. The minimum absolute atomic E-state index is 0.252. The number of anilines is 2. The van der Waals surface area contributed by atoms with Gasteiger partial charge in [0, 0.05) is 17.3 Å². The minimum atomic E-state index is -0.252. The molecule has 0 aliphatic rings. The van der Waals surface area contributed by atoms with E-state index in [-0.39, 0.29) is 5.91 Å². The smallest absolute Gasteiger partial charge is 0.255 e. The van der Waals surface area contributed by atoms with Crippen molar-refractivity contribution in [3.63, 3.8) is 0 Å². The first-order valence-corrected chi connectivity index (χ1v) is 6.93. The number of ether oxygens (including phenoxy) is 2. The Kier molecular flexibility index (Phi) is 4.70. The van der Waals surface area contributed by atoms with Gasteiger partial charge >= 0.3 is 0 Å². The largest absolute Gasteiger partial charge is 0.495 e. The second-order valence-corrected chi connectivity index (χ2v) is 5.11. The molecule has 110 valence electrons. The van der Waals surface area contributed by atoms with Crippen LogP contribution in [0.4, 0.5) is 11.4 Å². The third-order valence-corrected chi connectivity index (χ3v) is 3.56. The molecule has 0 unspecified atom stereocenters. The fraction of sp³-hybridized carbons (Fsp3) is 0.133. The normalized spacial score (nSPS) is 10.0. The number of hydrogen-bond donors (Lipinski definition) is 2. The highest BCUT2D eigenvalue weighted by Gasteiger charge is 2.10. The molecule has 2 rings (SSSR count). The van der Waals surface area contributed by atoms with E-state index in [1.54, 1.807) is 43.5 Å². The first kappa shape index (κ1) is 15.2. The fourth-order valence-electron chi connectivity index (χ4n) is 1.79. The molecule has 6 heteroatoms. The molecule has 0 atom stereocenters. The van der Waals surface area contributed by atoms with Crippen LogP contribution in [0.2, 0.25) is 0 Å². The number of benzene rings is 2. The van der Waals surface area contributed by atoms with Crippen LogP contribution in [0.25, 0.3) is 0 Å². The maximum Gasteiger partial charge on any atom is 0.255 e. The van der Waals surface area contributed by atoms with E-state index in [2.05, 4.69) is 21.2 Å². The summed E-state index contributed by atoms with van der Waals surface area (Å²) in [6.07, 6.45) is 0. The van der Waals surface area contributed by atoms with E-state index in [1.165, 1.54) is 7.11 Å². The minimum Gasteiger partial charge on any atom is -0.495 e. The van der Waals surface area contributed by atoms with Crippen molar-refractivity contribution in [2.24, 2.45) is 0 Å².